The summed E-state index contributed by atoms with van der Waals surface area (Å²) < 4.78 is 33.3. The molecule has 6 nitrogen and oxygen atoms in total. The Morgan fingerprint density at radius 2 is 1.83 bits per heavy atom. The van der Waals surface area contributed by atoms with Crippen LogP contribution < -0.4 is 0 Å². The van der Waals surface area contributed by atoms with Crippen LogP contribution in [0.2, 0.25) is 0 Å². The summed E-state index contributed by atoms with van der Waals surface area (Å²) in [6.07, 6.45) is 0. The molecule has 1 aliphatic rings. The van der Waals surface area contributed by atoms with Crippen LogP contribution in [-0.2, 0) is 24.4 Å². The van der Waals surface area contributed by atoms with Crippen LogP contribution >= 0.6 is 0 Å². The molecule has 2 atom stereocenters. The van der Waals surface area contributed by atoms with E-state index in [-0.39, 0.29) is 0 Å². The van der Waals surface area contributed by atoms with Gasteiger partial charge in [0.15, 0.2) is 5.25 Å². The molecule has 1 saturated heterocycles. The van der Waals surface area contributed by atoms with E-state index in [0.717, 1.165) is 0 Å². The molecule has 0 aromatic rings. The molecule has 1 heterocycles. The van der Waals surface area contributed by atoms with Crippen molar-refractivity contribution in [1.82, 2.24) is 0 Å². The van der Waals surface area contributed by atoms with Gasteiger partial charge in [-0.05, 0) is 6.92 Å². The smallest absolute Gasteiger partial charge is 0.335 e. The standard InChI is InChI=1S/C5H5O6S/c1-2-3(12(8,9)10)5(7)11-4(2)6/h2-3H,1H2,(H,8,9,10). The summed E-state index contributed by atoms with van der Waals surface area (Å²) in [6.45, 7) is 3.08. The molecule has 7 heteroatoms. The number of carbonyl (C=O) groups is 2. The van der Waals surface area contributed by atoms with Gasteiger partial charge in [0.05, 0.1) is 5.92 Å². The van der Waals surface area contributed by atoms with Crippen LogP contribution in [0, 0.1) is 12.8 Å². The molecule has 1 fully saturated rings. The lowest BCUT2D eigenvalue weighted by atomic mass is 10.1. The summed E-state index contributed by atoms with van der Waals surface area (Å²) in [5, 5.41) is -1.87. The van der Waals surface area contributed by atoms with Crippen molar-refractivity contribution in [3.05, 3.63) is 6.92 Å². The molecule has 12 heavy (non-hydrogen) atoms. The normalized spacial score (nSPS) is 30.5. The average molecular weight is 193 g/mol. The minimum atomic E-state index is -4.59. The quantitative estimate of drug-likeness (QED) is 0.318. The number of hydrogen-bond donors (Lipinski definition) is 1. The van der Waals surface area contributed by atoms with E-state index in [4.69, 9.17) is 4.55 Å². The van der Waals surface area contributed by atoms with E-state index in [9.17, 15) is 18.0 Å². The highest BCUT2D eigenvalue weighted by molar-refractivity contribution is 7.87. The summed E-state index contributed by atoms with van der Waals surface area (Å²) in [6, 6.07) is 0. The van der Waals surface area contributed by atoms with E-state index in [1.54, 1.807) is 0 Å². The Labute approximate surface area is 68.3 Å². The Bertz CT molecular complexity index is 328. The van der Waals surface area contributed by atoms with E-state index in [1.165, 1.54) is 0 Å². The first kappa shape index (κ1) is 9.14. The van der Waals surface area contributed by atoms with Crippen molar-refractivity contribution in [2.75, 3.05) is 0 Å². The van der Waals surface area contributed by atoms with Gasteiger partial charge in [-0.25, -0.2) is 0 Å². The molecule has 0 aliphatic carbocycles. The highest BCUT2D eigenvalue weighted by Gasteiger charge is 2.49. The fourth-order valence-corrected chi connectivity index (χ4v) is 1.67. The van der Waals surface area contributed by atoms with Crippen LogP contribution in [0.1, 0.15) is 0 Å². The summed E-state index contributed by atoms with van der Waals surface area (Å²) in [5.41, 5.74) is 0. The maximum absolute atomic E-state index is 10.6. The second kappa shape index (κ2) is 2.53. The van der Waals surface area contributed by atoms with Gasteiger partial charge in [0, 0.05) is 0 Å². The predicted molar refractivity (Wildman–Crippen MR) is 35.3 cm³/mol. The van der Waals surface area contributed by atoms with Gasteiger partial charge in [0.1, 0.15) is 0 Å². The fourth-order valence-electron chi connectivity index (χ4n) is 0.850. The largest absolute Gasteiger partial charge is 0.392 e. The lowest BCUT2D eigenvalue weighted by Crippen LogP contribution is -2.30. The molecule has 0 bridgehead atoms. The van der Waals surface area contributed by atoms with Gasteiger partial charge in [-0.2, -0.15) is 8.42 Å². The first-order valence-corrected chi connectivity index (χ1v) is 4.39. The van der Waals surface area contributed by atoms with Gasteiger partial charge in [0.2, 0.25) is 0 Å². The first-order chi connectivity index (χ1) is 5.34. The number of rotatable bonds is 1. The zero-order valence-corrected chi connectivity index (χ0v) is 6.58. The predicted octanol–water partition coefficient (Wildman–Crippen LogP) is -1.22. The summed E-state index contributed by atoms with van der Waals surface area (Å²) in [4.78, 5) is 21.2. The molecule has 1 radical (unpaired) electrons. The third-order valence-electron chi connectivity index (χ3n) is 1.42. The Hall–Kier alpha value is -0.950. The SMILES string of the molecule is [CH2]C1C(=O)OC(=O)C1S(=O)(=O)O. The van der Waals surface area contributed by atoms with Crippen molar-refractivity contribution >= 4 is 22.1 Å². The Balaban J connectivity index is 3.08. The average Bonchev–Trinajstić information content (AvgIpc) is 2.05. The Morgan fingerprint density at radius 1 is 1.33 bits per heavy atom. The molecule has 0 amide bonds. The minimum Gasteiger partial charge on any atom is -0.392 e. The second-order valence-electron chi connectivity index (χ2n) is 2.28. The topological polar surface area (TPSA) is 97.7 Å². The molecule has 1 aliphatic heterocycles. The van der Waals surface area contributed by atoms with Gasteiger partial charge in [-0.3, -0.25) is 14.1 Å². The van der Waals surface area contributed by atoms with E-state index in [2.05, 4.69) is 11.7 Å². The van der Waals surface area contributed by atoms with Crippen molar-refractivity contribution in [2.45, 2.75) is 5.25 Å². The van der Waals surface area contributed by atoms with Crippen LogP contribution in [0.4, 0.5) is 0 Å². The molecule has 0 aromatic carbocycles. The maximum Gasteiger partial charge on any atom is 0.335 e. The van der Waals surface area contributed by atoms with Crippen molar-refractivity contribution < 1.29 is 27.3 Å². The van der Waals surface area contributed by atoms with Crippen LogP contribution in [0.25, 0.3) is 0 Å². The van der Waals surface area contributed by atoms with Crippen molar-refractivity contribution in [1.29, 1.82) is 0 Å². The number of cyclic esters (lactones) is 2. The van der Waals surface area contributed by atoms with Crippen LogP contribution in [-0.4, -0.2) is 30.2 Å². The fraction of sp³-hybridized carbons (Fsp3) is 0.400. The van der Waals surface area contributed by atoms with Gasteiger partial charge in [-0.15, -0.1) is 0 Å². The molecule has 0 saturated carbocycles. The van der Waals surface area contributed by atoms with E-state index in [0.29, 0.717) is 0 Å². The Morgan fingerprint density at radius 3 is 2.00 bits per heavy atom. The molecule has 2 unspecified atom stereocenters. The van der Waals surface area contributed by atoms with Crippen molar-refractivity contribution in [2.24, 2.45) is 5.92 Å². The van der Waals surface area contributed by atoms with E-state index >= 15 is 0 Å². The summed E-state index contributed by atoms with van der Waals surface area (Å²) in [5.74, 6) is -3.70. The summed E-state index contributed by atoms with van der Waals surface area (Å²) in [7, 11) is -4.59. The lowest BCUT2D eigenvalue weighted by molar-refractivity contribution is -0.152. The van der Waals surface area contributed by atoms with E-state index < -0.39 is 33.2 Å². The van der Waals surface area contributed by atoms with Crippen LogP contribution in [0.15, 0.2) is 0 Å². The first-order valence-electron chi connectivity index (χ1n) is 2.89. The monoisotopic (exact) mass is 193 g/mol. The number of carbonyl (C=O) groups excluding carboxylic acids is 2. The van der Waals surface area contributed by atoms with Gasteiger partial charge in [0.25, 0.3) is 10.1 Å². The van der Waals surface area contributed by atoms with Gasteiger partial charge in [-0.1, -0.05) is 0 Å². The third kappa shape index (κ3) is 1.32. The highest BCUT2D eigenvalue weighted by atomic mass is 32.2. The van der Waals surface area contributed by atoms with Gasteiger partial charge < -0.3 is 4.74 Å². The summed E-state index contributed by atoms with van der Waals surface area (Å²) >= 11 is 0. The van der Waals surface area contributed by atoms with Crippen LogP contribution in [0.3, 0.4) is 0 Å². The highest BCUT2D eigenvalue weighted by Crippen LogP contribution is 2.21. The molecule has 1 rings (SSSR count). The zero-order chi connectivity index (χ0) is 9.52. The van der Waals surface area contributed by atoms with E-state index in [1.807, 2.05) is 0 Å². The number of esters is 2. The zero-order valence-electron chi connectivity index (χ0n) is 5.76. The lowest BCUT2D eigenvalue weighted by Gasteiger charge is -2.02. The molecular weight excluding hydrogens is 188 g/mol. The number of ether oxygens (including phenoxy) is 1. The second-order valence-corrected chi connectivity index (χ2v) is 3.82. The molecule has 1 N–H and O–H groups in total. The molecule has 67 valence electrons. The maximum atomic E-state index is 10.6. The molecular formula is C5H5O6S. The molecule has 0 aromatic heterocycles. The Kier molecular flexibility index (Phi) is 1.92. The van der Waals surface area contributed by atoms with Crippen LogP contribution in [0.5, 0.6) is 0 Å². The number of hydrogen-bond acceptors (Lipinski definition) is 5. The van der Waals surface area contributed by atoms with Crippen molar-refractivity contribution in [3.63, 3.8) is 0 Å². The molecule has 0 spiro atoms. The minimum absolute atomic E-state index is 1.04. The van der Waals surface area contributed by atoms with Crippen molar-refractivity contribution in [3.8, 4) is 0 Å². The third-order valence-corrected chi connectivity index (χ3v) is 2.59. The van der Waals surface area contributed by atoms with Gasteiger partial charge >= 0.3 is 11.9 Å².